The van der Waals surface area contributed by atoms with E-state index < -0.39 is 11.4 Å². The molecule has 5 heteroatoms. The number of urea groups is 1. The first kappa shape index (κ1) is 15.8. The Balaban J connectivity index is 2.79. The van der Waals surface area contributed by atoms with Gasteiger partial charge in [0, 0.05) is 25.7 Å². The van der Waals surface area contributed by atoms with E-state index in [4.69, 9.17) is 0 Å². The summed E-state index contributed by atoms with van der Waals surface area (Å²) in [7, 11) is 0. The van der Waals surface area contributed by atoms with Crippen LogP contribution < -0.4 is 0 Å². The molecule has 110 valence electrons. The summed E-state index contributed by atoms with van der Waals surface area (Å²) >= 11 is 0. The second-order valence-electron chi connectivity index (χ2n) is 5.67. The molecule has 0 spiro atoms. The Hall–Kier alpha value is -1.26. The Morgan fingerprint density at radius 3 is 2.42 bits per heavy atom. The first-order valence-corrected chi connectivity index (χ1v) is 7.17. The van der Waals surface area contributed by atoms with Crippen LogP contribution in [0.25, 0.3) is 0 Å². The van der Waals surface area contributed by atoms with Gasteiger partial charge in [0.25, 0.3) is 0 Å². The molecule has 2 amide bonds. The van der Waals surface area contributed by atoms with Crippen molar-refractivity contribution >= 4 is 12.0 Å². The SMILES string of the molecule is CCCC1(C(=O)O)CCN(C(=O)N(CC)C(C)C)C1. The molecule has 1 aliphatic heterocycles. The third kappa shape index (κ3) is 3.19. The number of likely N-dealkylation sites (tertiary alicyclic amines) is 1. The van der Waals surface area contributed by atoms with E-state index in [2.05, 4.69) is 0 Å². The summed E-state index contributed by atoms with van der Waals surface area (Å²) in [6.45, 7) is 9.45. The van der Waals surface area contributed by atoms with E-state index in [-0.39, 0.29) is 12.1 Å². The van der Waals surface area contributed by atoms with E-state index in [0.29, 0.717) is 32.5 Å². The maximum atomic E-state index is 12.4. The lowest BCUT2D eigenvalue weighted by Gasteiger charge is -2.31. The molecule has 0 bridgehead atoms. The molecule has 0 aromatic heterocycles. The molecule has 1 unspecified atom stereocenters. The highest BCUT2D eigenvalue weighted by Crippen LogP contribution is 2.36. The number of hydrogen-bond acceptors (Lipinski definition) is 2. The first-order chi connectivity index (χ1) is 8.88. The van der Waals surface area contributed by atoms with Gasteiger partial charge in [-0.15, -0.1) is 0 Å². The van der Waals surface area contributed by atoms with E-state index >= 15 is 0 Å². The topological polar surface area (TPSA) is 60.9 Å². The predicted octanol–water partition coefficient (Wildman–Crippen LogP) is 2.41. The van der Waals surface area contributed by atoms with E-state index in [1.807, 2.05) is 27.7 Å². The second-order valence-corrected chi connectivity index (χ2v) is 5.67. The highest BCUT2D eigenvalue weighted by molar-refractivity contribution is 5.80. The molecule has 1 aliphatic rings. The lowest BCUT2D eigenvalue weighted by molar-refractivity contribution is -0.148. The lowest BCUT2D eigenvalue weighted by atomic mass is 9.83. The van der Waals surface area contributed by atoms with E-state index in [1.165, 1.54) is 0 Å². The fourth-order valence-corrected chi connectivity index (χ4v) is 2.90. The molecule has 0 aliphatic carbocycles. The van der Waals surface area contributed by atoms with Crippen molar-refractivity contribution in [2.24, 2.45) is 5.41 Å². The molecule has 1 rings (SSSR count). The van der Waals surface area contributed by atoms with Gasteiger partial charge in [0.1, 0.15) is 0 Å². The van der Waals surface area contributed by atoms with Gasteiger partial charge >= 0.3 is 12.0 Å². The molecule has 5 nitrogen and oxygen atoms in total. The van der Waals surface area contributed by atoms with Crippen molar-refractivity contribution in [2.45, 2.75) is 53.0 Å². The largest absolute Gasteiger partial charge is 0.481 e. The zero-order chi connectivity index (χ0) is 14.6. The van der Waals surface area contributed by atoms with Crippen molar-refractivity contribution in [3.05, 3.63) is 0 Å². The molecule has 1 heterocycles. The summed E-state index contributed by atoms with van der Waals surface area (Å²) in [4.78, 5) is 27.4. The van der Waals surface area contributed by atoms with Crippen LogP contribution in [0.5, 0.6) is 0 Å². The van der Waals surface area contributed by atoms with Gasteiger partial charge in [0.2, 0.25) is 0 Å². The first-order valence-electron chi connectivity index (χ1n) is 7.17. The van der Waals surface area contributed by atoms with Crippen molar-refractivity contribution in [1.82, 2.24) is 9.80 Å². The number of carboxylic acid groups (broad SMARTS) is 1. The van der Waals surface area contributed by atoms with E-state index in [0.717, 1.165) is 6.42 Å². The molecule has 1 saturated heterocycles. The summed E-state index contributed by atoms with van der Waals surface area (Å²) in [6.07, 6.45) is 2.04. The van der Waals surface area contributed by atoms with E-state index in [1.54, 1.807) is 9.80 Å². The number of rotatable bonds is 5. The standard InChI is InChI=1S/C14H26N2O3/c1-5-7-14(12(17)18)8-9-15(10-14)13(19)16(6-2)11(3)4/h11H,5-10H2,1-4H3,(H,17,18). The average molecular weight is 270 g/mol. The van der Waals surface area contributed by atoms with Crippen LogP contribution in [0.2, 0.25) is 0 Å². The van der Waals surface area contributed by atoms with Crippen LogP contribution in [0.4, 0.5) is 4.79 Å². The zero-order valence-electron chi connectivity index (χ0n) is 12.5. The highest BCUT2D eigenvalue weighted by Gasteiger charge is 2.46. The maximum absolute atomic E-state index is 12.4. The van der Waals surface area contributed by atoms with Gasteiger partial charge in [0.05, 0.1) is 5.41 Å². The molecule has 19 heavy (non-hydrogen) atoms. The third-order valence-electron chi connectivity index (χ3n) is 4.02. The van der Waals surface area contributed by atoms with Crippen LogP contribution in [0, 0.1) is 5.41 Å². The summed E-state index contributed by atoms with van der Waals surface area (Å²) in [6, 6.07) is 0.111. The molecule has 1 atom stereocenters. The molecule has 1 N–H and O–H groups in total. The normalized spacial score (nSPS) is 22.9. The van der Waals surface area contributed by atoms with Crippen LogP contribution in [-0.4, -0.2) is 52.6 Å². The van der Waals surface area contributed by atoms with Crippen LogP contribution >= 0.6 is 0 Å². The highest BCUT2D eigenvalue weighted by atomic mass is 16.4. The Kier molecular flexibility index (Phi) is 5.20. The molecule has 0 aromatic rings. The monoisotopic (exact) mass is 270 g/mol. The third-order valence-corrected chi connectivity index (χ3v) is 4.02. The minimum atomic E-state index is -0.766. The van der Waals surface area contributed by atoms with E-state index in [9.17, 15) is 14.7 Å². The molecule has 0 radical (unpaired) electrons. The van der Waals surface area contributed by atoms with Crippen LogP contribution in [0.15, 0.2) is 0 Å². The Morgan fingerprint density at radius 2 is 2.00 bits per heavy atom. The van der Waals surface area contributed by atoms with Crippen molar-refractivity contribution in [2.75, 3.05) is 19.6 Å². The summed E-state index contributed by atoms with van der Waals surface area (Å²) in [5, 5.41) is 9.45. The maximum Gasteiger partial charge on any atom is 0.320 e. The average Bonchev–Trinajstić information content (AvgIpc) is 2.75. The Morgan fingerprint density at radius 1 is 1.37 bits per heavy atom. The minimum absolute atomic E-state index is 0.0308. The summed E-state index contributed by atoms with van der Waals surface area (Å²) in [5.74, 6) is -0.766. The van der Waals surface area contributed by atoms with Crippen LogP contribution in [-0.2, 0) is 4.79 Å². The van der Waals surface area contributed by atoms with Gasteiger partial charge in [-0.05, 0) is 33.6 Å². The van der Waals surface area contributed by atoms with Gasteiger partial charge in [-0.25, -0.2) is 4.79 Å². The number of hydrogen-bond donors (Lipinski definition) is 1. The van der Waals surface area contributed by atoms with Gasteiger partial charge < -0.3 is 14.9 Å². The number of carboxylic acids is 1. The molecular formula is C14H26N2O3. The van der Waals surface area contributed by atoms with Gasteiger partial charge in [-0.1, -0.05) is 13.3 Å². The van der Waals surface area contributed by atoms with Crippen molar-refractivity contribution in [3.63, 3.8) is 0 Å². The van der Waals surface area contributed by atoms with Crippen LogP contribution in [0.1, 0.15) is 47.0 Å². The number of nitrogens with zero attached hydrogens (tertiary/aromatic N) is 2. The Labute approximate surface area is 115 Å². The van der Waals surface area contributed by atoms with Crippen molar-refractivity contribution < 1.29 is 14.7 Å². The predicted molar refractivity (Wildman–Crippen MR) is 74.1 cm³/mol. The van der Waals surface area contributed by atoms with Crippen molar-refractivity contribution in [3.8, 4) is 0 Å². The number of aliphatic carboxylic acids is 1. The fraction of sp³-hybridized carbons (Fsp3) is 0.857. The molecule has 0 aromatic carbocycles. The quantitative estimate of drug-likeness (QED) is 0.834. The molecular weight excluding hydrogens is 244 g/mol. The minimum Gasteiger partial charge on any atom is -0.481 e. The fourth-order valence-electron chi connectivity index (χ4n) is 2.90. The van der Waals surface area contributed by atoms with Crippen molar-refractivity contribution in [1.29, 1.82) is 0 Å². The van der Waals surface area contributed by atoms with Gasteiger partial charge in [0.15, 0.2) is 0 Å². The zero-order valence-corrected chi connectivity index (χ0v) is 12.5. The van der Waals surface area contributed by atoms with Gasteiger partial charge in [-0.3, -0.25) is 4.79 Å². The lowest BCUT2D eigenvalue weighted by Crippen LogP contribution is -2.46. The molecule has 1 fully saturated rings. The second kappa shape index (κ2) is 6.26. The summed E-state index contributed by atoms with van der Waals surface area (Å²) < 4.78 is 0. The molecule has 0 saturated carbocycles. The number of carbonyl (C=O) groups excluding carboxylic acids is 1. The van der Waals surface area contributed by atoms with Crippen LogP contribution in [0.3, 0.4) is 0 Å². The number of amides is 2. The van der Waals surface area contributed by atoms with Gasteiger partial charge in [-0.2, -0.15) is 0 Å². The summed E-state index contributed by atoms with van der Waals surface area (Å²) in [5.41, 5.74) is -0.735. The number of carbonyl (C=O) groups is 2. The smallest absolute Gasteiger partial charge is 0.320 e. The Bertz CT molecular complexity index is 344.